The van der Waals surface area contributed by atoms with Crippen LogP contribution >= 0.6 is 0 Å². The van der Waals surface area contributed by atoms with E-state index >= 15 is 0 Å². The molecule has 1 aliphatic rings. The SMILES string of the molecule is Cc1cccn2c(=O)c(C=O)c(N3CCN(c4ccccc4F)CC3)nc12. The van der Waals surface area contributed by atoms with Crippen molar-refractivity contribution in [2.24, 2.45) is 0 Å². The van der Waals surface area contributed by atoms with Crippen LogP contribution in [0.15, 0.2) is 47.4 Å². The predicted octanol–water partition coefficient (Wildman–Crippen LogP) is 2.28. The molecule has 6 nitrogen and oxygen atoms in total. The van der Waals surface area contributed by atoms with Crippen molar-refractivity contribution in [2.75, 3.05) is 36.0 Å². The van der Waals surface area contributed by atoms with Crippen molar-refractivity contribution in [3.8, 4) is 0 Å². The highest BCUT2D eigenvalue weighted by molar-refractivity contribution is 5.83. The molecule has 3 aromatic rings. The predicted molar refractivity (Wildman–Crippen MR) is 102 cm³/mol. The minimum Gasteiger partial charge on any atom is -0.366 e. The van der Waals surface area contributed by atoms with E-state index in [-0.39, 0.29) is 16.9 Å². The minimum atomic E-state index is -0.370. The van der Waals surface area contributed by atoms with Crippen LogP contribution in [0.3, 0.4) is 0 Å². The first-order valence-electron chi connectivity index (χ1n) is 8.81. The molecule has 1 fully saturated rings. The summed E-state index contributed by atoms with van der Waals surface area (Å²) >= 11 is 0. The van der Waals surface area contributed by atoms with Crippen molar-refractivity contribution in [3.63, 3.8) is 0 Å². The smallest absolute Gasteiger partial charge is 0.270 e. The lowest BCUT2D eigenvalue weighted by Crippen LogP contribution is -2.48. The molecule has 0 atom stereocenters. The minimum absolute atomic E-state index is 0.0532. The topological polar surface area (TPSA) is 57.9 Å². The number of aldehydes is 1. The van der Waals surface area contributed by atoms with E-state index in [1.807, 2.05) is 28.9 Å². The van der Waals surface area contributed by atoms with E-state index in [4.69, 9.17) is 0 Å². The van der Waals surface area contributed by atoms with Crippen LogP contribution in [0.2, 0.25) is 0 Å². The van der Waals surface area contributed by atoms with Gasteiger partial charge in [0.05, 0.1) is 5.69 Å². The molecule has 4 rings (SSSR count). The molecule has 0 N–H and O–H groups in total. The molecule has 138 valence electrons. The van der Waals surface area contributed by atoms with Crippen molar-refractivity contribution in [2.45, 2.75) is 6.92 Å². The lowest BCUT2D eigenvalue weighted by Gasteiger charge is -2.37. The number of hydrogen-bond donors (Lipinski definition) is 0. The van der Waals surface area contributed by atoms with Crippen LogP contribution in [0.1, 0.15) is 15.9 Å². The quantitative estimate of drug-likeness (QED) is 0.666. The van der Waals surface area contributed by atoms with E-state index in [1.54, 1.807) is 24.4 Å². The molecule has 1 aromatic carbocycles. The fourth-order valence-corrected chi connectivity index (χ4v) is 3.51. The first kappa shape index (κ1) is 17.2. The monoisotopic (exact) mass is 366 g/mol. The Balaban J connectivity index is 1.68. The average molecular weight is 366 g/mol. The van der Waals surface area contributed by atoms with E-state index in [0.717, 1.165) is 5.56 Å². The van der Waals surface area contributed by atoms with E-state index in [9.17, 15) is 14.0 Å². The fraction of sp³-hybridized carbons (Fsp3) is 0.250. The lowest BCUT2D eigenvalue weighted by molar-refractivity contribution is 0.112. The zero-order valence-corrected chi connectivity index (χ0v) is 14.9. The molecule has 0 radical (unpaired) electrons. The van der Waals surface area contributed by atoms with E-state index < -0.39 is 0 Å². The van der Waals surface area contributed by atoms with Crippen LogP contribution < -0.4 is 15.4 Å². The molecule has 0 saturated carbocycles. The second-order valence-corrected chi connectivity index (χ2v) is 6.58. The second-order valence-electron chi connectivity index (χ2n) is 6.58. The van der Waals surface area contributed by atoms with Crippen LogP contribution in [0.25, 0.3) is 5.65 Å². The summed E-state index contributed by atoms with van der Waals surface area (Å²) in [5.41, 5.74) is 1.65. The Morgan fingerprint density at radius 3 is 2.44 bits per heavy atom. The summed E-state index contributed by atoms with van der Waals surface area (Å²) in [6, 6.07) is 10.3. The van der Waals surface area contributed by atoms with Crippen LogP contribution in [0.4, 0.5) is 15.9 Å². The number of anilines is 2. The normalized spacial score (nSPS) is 14.6. The molecule has 3 heterocycles. The van der Waals surface area contributed by atoms with Gasteiger partial charge in [0, 0.05) is 32.4 Å². The molecule has 27 heavy (non-hydrogen) atoms. The van der Waals surface area contributed by atoms with Gasteiger partial charge in [-0.05, 0) is 30.7 Å². The number of hydrogen-bond acceptors (Lipinski definition) is 5. The molecule has 0 aliphatic carbocycles. The van der Waals surface area contributed by atoms with Crippen molar-refractivity contribution in [1.29, 1.82) is 0 Å². The molecule has 0 unspecified atom stereocenters. The van der Waals surface area contributed by atoms with Crippen LogP contribution in [0.5, 0.6) is 0 Å². The Hall–Kier alpha value is -3.22. The van der Waals surface area contributed by atoms with Gasteiger partial charge in [-0.15, -0.1) is 0 Å². The molecule has 1 aliphatic heterocycles. The Labute approximate surface area is 155 Å². The van der Waals surface area contributed by atoms with Crippen LogP contribution in [-0.4, -0.2) is 41.8 Å². The summed E-state index contributed by atoms with van der Waals surface area (Å²) in [6.07, 6.45) is 2.19. The maximum atomic E-state index is 14.0. The van der Waals surface area contributed by atoms with Gasteiger partial charge in [0.25, 0.3) is 5.56 Å². The molecule has 0 spiro atoms. The summed E-state index contributed by atoms with van der Waals surface area (Å²) < 4.78 is 15.4. The summed E-state index contributed by atoms with van der Waals surface area (Å²) in [6.45, 7) is 4.12. The van der Waals surface area contributed by atoms with Gasteiger partial charge < -0.3 is 9.80 Å². The highest BCUT2D eigenvalue weighted by Crippen LogP contribution is 2.23. The third kappa shape index (κ3) is 2.95. The van der Waals surface area contributed by atoms with Crippen molar-refractivity contribution in [3.05, 3.63) is 69.9 Å². The third-order valence-electron chi connectivity index (χ3n) is 4.95. The number of halogens is 1. The number of nitrogens with zero attached hydrogens (tertiary/aromatic N) is 4. The zero-order chi connectivity index (χ0) is 19.0. The Kier molecular flexibility index (Phi) is 4.35. The van der Waals surface area contributed by atoms with Gasteiger partial charge in [-0.1, -0.05) is 18.2 Å². The maximum Gasteiger partial charge on any atom is 0.270 e. The number of aryl methyl sites for hydroxylation is 1. The Morgan fingerprint density at radius 2 is 1.74 bits per heavy atom. The van der Waals surface area contributed by atoms with Gasteiger partial charge in [-0.2, -0.15) is 0 Å². The maximum absolute atomic E-state index is 14.0. The van der Waals surface area contributed by atoms with Gasteiger partial charge in [-0.25, -0.2) is 9.37 Å². The molecule has 1 saturated heterocycles. The summed E-state index contributed by atoms with van der Waals surface area (Å²) in [4.78, 5) is 32.8. The zero-order valence-electron chi connectivity index (χ0n) is 14.9. The van der Waals surface area contributed by atoms with E-state index in [2.05, 4.69) is 4.98 Å². The van der Waals surface area contributed by atoms with Crippen molar-refractivity contribution >= 4 is 23.4 Å². The molecule has 2 aromatic heterocycles. The standard InChI is InChI=1S/C20H19FN4O2/c1-14-5-4-8-25-18(14)22-19(15(13-26)20(25)27)24-11-9-23(10-12-24)17-7-3-2-6-16(17)21/h2-8,13H,9-12H2,1H3. The molecular weight excluding hydrogens is 347 g/mol. The number of piperazine rings is 1. The van der Waals surface area contributed by atoms with Gasteiger partial charge in [0.2, 0.25) is 0 Å². The van der Waals surface area contributed by atoms with Gasteiger partial charge in [0.15, 0.2) is 6.29 Å². The number of carbonyl (C=O) groups is 1. The number of rotatable bonds is 3. The molecule has 0 amide bonds. The number of benzene rings is 1. The van der Waals surface area contributed by atoms with Gasteiger partial charge in [-0.3, -0.25) is 14.0 Å². The number of pyridine rings is 1. The highest BCUT2D eigenvalue weighted by atomic mass is 19.1. The van der Waals surface area contributed by atoms with E-state index in [1.165, 1.54) is 10.5 Å². The number of aromatic nitrogens is 2. The second kappa shape index (κ2) is 6.83. The van der Waals surface area contributed by atoms with Crippen LogP contribution in [0, 0.1) is 12.7 Å². The molecule has 0 bridgehead atoms. The number of carbonyl (C=O) groups excluding carboxylic acids is 1. The van der Waals surface area contributed by atoms with Crippen LogP contribution in [-0.2, 0) is 0 Å². The Bertz CT molecular complexity index is 1070. The molecular formula is C20H19FN4O2. The third-order valence-corrected chi connectivity index (χ3v) is 4.95. The first-order valence-corrected chi connectivity index (χ1v) is 8.81. The number of para-hydroxylation sites is 1. The van der Waals surface area contributed by atoms with Crippen molar-refractivity contribution in [1.82, 2.24) is 9.38 Å². The summed E-state index contributed by atoms with van der Waals surface area (Å²) in [7, 11) is 0. The lowest BCUT2D eigenvalue weighted by atomic mass is 10.2. The summed E-state index contributed by atoms with van der Waals surface area (Å²) in [5.74, 6) is 0.148. The van der Waals surface area contributed by atoms with Crippen molar-refractivity contribution < 1.29 is 9.18 Å². The Morgan fingerprint density at radius 1 is 1.04 bits per heavy atom. The van der Waals surface area contributed by atoms with Gasteiger partial charge >= 0.3 is 0 Å². The largest absolute Gasteiger partial charge is 0.366 e. The average Bonchev–Trinajstić information content (AvgIpc) is 2.69. The fourth-order valence-electron chi connectivity index (χ4n) is 3.51. The summed E-state index contributed by atoms with van der Waals surface area (Å²) in [5, 5.41) is 0. The molecule has 7 heteroatoms. The highest BCUT2D eigenvalue weighted by Gasteiger charge is 2.24. The van der Waals surface area contributed by atoms with Gasteiger partial charge in [0.1, 0.15) is 22.8 Å². The number of fused-ring (bicyclic) bond motifs is 1. The first-order chi connectivity index (χ1) is 13.1. The van der Waals surface area contributed by atoms with E-state index in [0.29, 0.717) is 49.6 Å².